The molecule has 0 bridgehead atoms. The van der Waals surface area contributed by atoms with Gasteiger partial charge in [0, 0.05) is 9.89 Å². The Morgan fingerprint density at radius 2 is 1.37 bits per heavy atom. The molecular formula is C18H19Br. The highest BCUT2D eigenvalue weighted by Crippen LogP contribution is 2.46. The molecule has 19 heavy (non-hydrogen) atoms. The predicted octanol–water partition coefficient (Wildman–Crippen LogP) is 5.70. The van der Waals surface area contributed by atoms with Gasteiger partial charge in [-0.1, -0.05) is 83.7 Å². The maximum Gasteiger partial charge on any atom is 0.0216 e. The Bertz CT molecular complexity index is 539. The normalized spacial score (nSPS) is 18.2. The van der Waals surface area contributed by atoms with E-state index in [-0.39, 0.29) is 5.41 Å². The van der Waals surface area contributed by atoms with Gasteiger partial charge < -0.3 is 0 Å². The van der Waals surface area contributed by atoms with Gasteiger partial charge in [-0.15, -0.1) is 0 Å². The van der Waals surface area contributed by atoms with Crippen LogP contribution in [-0.4, -0.2) is 0 Å². The Hall–Kier alpha value is -1.08. The van der Waals surface area contributed by atoms with Crippen molar-refractivity contribution in [1.82, 2.24) is 0 Å². The Kier molecular flexibility index (Phi) is 3.74. The van der Waals surface area contributed by atoms with Crippen LogP contribution in [0.3, 0.4) is 0 Å². The van der Waals surface area contributed by atoms with Crippen LogP contribution in [0.4, 0.5) is 0 Å². The number of hydrogen-bond donors (Lipinski definition) is 0. The summed E-state index contributed by atoms with van der Waals surface area (Å²) in [6.07, 6.45) is 6.56. The van der Waals surface area contributed by atoms with Crippen LogP contribution in [0.5, 0.6) is 0 Å². The lowest BCUT2D eigenvalue weighted by Gasteiger charge is -2.39. The topological polar surface area (TPSA) is 0 Å². The maximum absolute atomic E-state index is 3.76. The second kappa shape index (κ2) is 5.50. The minimum Gasteiger partial charge on any atom is -0.0622 e. The second-order valence-electron chi connectivity index (χ2n) is 5.49. The first-order valence-electron chi connectivity index (χ1n) is 7.13. The van der Waals surface area contributed by atoms with Crippen LogP contribution in [0, 0.1) is 0 Å². The van der Waals surface area contributed by atoms with Crippen molar-refractivity contribution in [2.45, 2.75) is 37.5 Å². The van der Waals surface area contributed by atoms with Gasteiger partial charge in [0.1, 0.15) is 0 Å². The first kappa shape index (κ1) is 12.9. The average molecular weight is 315 g/mol. The zero-order valence-electron chi connectivity index (χ0n) is 11.1. The highest BCUT2D eigenvalue weighted by molar-refractivity contribution is 9.10. The van der Waals surface area contributed by atoms with E-state index in [4.69, 9.17) is 0 Å². The van der Waals surface area contributed by atoms with E-state index in [1.54, 1.807) is 0 Å². The molecule has 0 atom stereocenters. The third-order valence-corrected chi connectivity index (χ3v) is 5.11. The number of benzene rings is 2. The number of rotatable bonds is 2. The molecule has 0 aromatic heterocycles. The first-order chi connectivity index (χ1) is 9.33. The third-order valence-electron chi connectivity index (χ3n) is 4.42. The lowest BCUT2D eigenvalue weighted by atomic mass is 9.65. The molecule has 0 radical (unpaired) electrons. The molecule has 0 heterocycles. The van der Waals surface area contributed by atoms with E-state index in [1.165, 1.54) is 47.7 Å². The lowest BCUT2D eigenvalue weighted by molar-refractivity contribution is 0.345. The van der Waals surface area contributed by atoms with Crippen molar-refractivity contribution in [3.05, 3.63) is 70.2 Å². The third kappa shape index (κ3) is 2.36. The minimum atomic E-state index is 0.208. The summed E-state index contributed by atoms with van der Waals surface area (Å²) >= 11 is 3.76. The van der Waals surface area contributed by atoms with Gasteiger partial charge in [0.2, 0.25) is 0 Å². The van der Waals surface area contributed by atoms with E-state index in [0.717, 1.165) is 0 Å². The summed E-state index contributed by atoms with van der Waals surface area (Å²) in [5, 5.41) is 0. The van der Waals surface area contributed by atoms with Gasteiger partial charge in [0.15, 0.2) is 0 Å². The summed E-state index contributed by atoms with van der Waals surface area (Å²) in [5.74, 6) is 0. The van der Waals surface area contributed by atoms with Crippen molar-refractivity contribution < 1.29 is 0 Å². The molecule has 1 fully saturated rings. The smallest absolute Gasteiger partial charge is 0.0216 e. The fourth-order valence-corrected chi connectivity index (χ4v) is 4.14. The molecule has 2 aromatic rings. The molecule has 3 rings (SSSR count). The molecule has 0 aliphatic heterocycles. The van der Waals surface area contributed by atoms with E-state index < -0.39 is 0 Å². The molecule has 0 spiro atoms. The van der Waals surface area contributed by atoms with Crippen LogP contribution in [0.1, 0.15) is 43.2 Å². The summed E-state index contributed by atoms with van der Waals surface area (Å²) in [4.78, 5) is 0. The van der Waals surface area contributed by atoms with Crippen LogP contribution >= 0.6 is 15.9 Å². The van der Waals surface area contributed by atoms with Crippen LogP contribution in [0.2, 0.25) is 0 Å². The minimum absolute atomic E-state index is 0.208. The molecule has 1 aliphatic rings. The van der Waals surface area contributed by atoms with E-state index in [9.17, 15) is 0 Å². The van der Waals surface area contributed by atoms with Gasteiger partial charge in [0.05, 0.1) is 0 Å². The Morgan fingerprint density at radius 1 is 0.737 bits per heavy atom. The Labute approximate surface area is 124 Å². The van der Waals surface area contributed by atoms with Gasteiger partial charge in [0.25, 0.3) is 0 Å². The van der Waals surface area contributed by atoms with Crippen LogP contribution in [0.15, 0.2) is 59.1 Å². The predicted molar refractivity (Wildman–Crippen MR) is 84.4 cm³/mol. The van der Waals surface area contributed by atoms with E-state index in [0.29, 0.717) is 0 Å². The average Bonchev–Trinajstić information content (AvgIpc) is 2.49. The van der Waals surface area contributed by atoms with Crippen molar-refractivity contribution in [2.24, 2.45) is 0 Å². The molecule has 2 aromatic carbocycles. The van der Waals surface area contributed by atoms with Crippen molar-refractivity contribution in [1.29, 1.82) is 0 Å². The molecule has 1 aliphatic carbocycles. The summed E-state index contributed by atoms with van der Waals surface area (Å²) in [6.45, 7) is 0. The van der Waals surface area contributed by atoms with Crippen molar-refractivity contribution in [2.75, 3.05) is 0 Å². The van der Waals surface area contributed by atoms with Crippen LogP contribution < -0.4 is 0 Å². The molecule has 1 heteroatoms. The lowest BCUT2D eigenvalue weighted by Crippen LogP contribution is -2.30. The van der Waals surface area contributed by atoms with Crippen LogP contribution in [-0.2, 0) is 5.41 Å². The van der Waals surface area contributed by atoms with Gasteiger partial charge >= 0.3 is 0 Å². The van der Waals surface area contributed by atoms with Gasteiger partial charge in [-0.2, -0.15) is 0 Å². The summed E-state index contributed by atoms with van der Waals surface area (Å²) in [7, 11) is 0. The largest absolute Gasteiger partial charge is 0.0622 e. The van der Waals surface area contributed by atoms with E-state index in [1.807, 2.05) is 0 Å². The fraction of sp³-hybridized carbons (Fsp3) is 0.333. The molecule has 98 valence electrons. The highest BCUT2D eigenvalue weighted by atomic mass is 79.9. The number of hydrogen-bond acceptors (Lipinski definition) is 0. The molecule has 0 saturated heterocycles. The Morgan fingerprint density at radius 3 is 2.05 bits per heavy atom. The summed E-state index contributed by atoms with van der Waals surface area (Å²) < 4.78 is 1.25. The quantitative estimate of drug-likeness (QED) is 0.667. The fourth-order valence-electron chi connectivity index (χ4n) is 3.48. The highest BCUT2D eigenvalue weighted by Gasteiger charge is 2.36. The van der Waals surface area contributed by atoms with E-state index in [2.05, 4.69) is 70.5 Å². The number of halogens is 1. The molecule has 1 saturated carbocycles. The van der Waals surface area contributed by atoms with Crippen molar-refractivity contribution in [3.8, 4) is 0 Å². The second-order valence-corrected chi connectivity index (χ2v) is 6.34. The van der Waals surface area contributed by atoms with Crippen molar-refractivity contribution >= 4 is 15.9 Å². The Balaban J connectivity index is 2.15. The molecular weight excluding hydrogens is 296 g/mol. The maximum atomic E-state index is 3.76. The van der Waals surface area contributed by atoms with Gasteiger partial charge in [-0.3, -0.25) is 0 Å². The molecule has 0 unspecified atom stereocenters. The first-order valence-corrected chi connectivity index (χ1v) is 7.93. The summed E-state index contributed by atoms with van der Waals surface area (Å²) in [6, 6.07) is 19.8. The van der Waals surface area contributed by atoms with E-state index >= 15 is 0 Å². The van der Waals surface area contributed by atoms with Gasteiger partial charge in [-0.05, 0) is 30.0 Å². The molecule has 0 amide bonds. The SMILES string of the molecule is Brc1ccccc1C1(c2ccccc2)CCCCC1. The monoisotopic (exact) mass is 314 g/mol. The standard InChI is InChI=1S/C18H19Br/c19-17-12-6-5-11-16(17)18(13-7-2-8-14-18)15-9-3-1-4-10-15/h1,3-6,9-12H,2,7-8,13-14H2. The zero-order valence-corrected chi connectivity index (χ0v) is 12.7. The van der Waals surface area contributed by atoms with Crippen LogP contribution in [0.25, 0.3) is 0 Å². The van der Waals surface area contributed by atoms with Gasteiger partial charge in [-0.25, -0.2) is 0 Å². The molecule has 0 nitrogen and oxygen atoms in total. The molecule has 0 N–H and O–H groups in total. The zero-order chi connectivity index (χ0) is 13.1. The van der Waals surface area contributed by atoms with Crippen molar-refractivity contribution in [3.63, 3.8) is 0 Å². The summed E-state index contributed by atoms with van der Waals surface area (Å²) in [5.41, 5.74) is 3.14.